The zero-order chi connectivity index (χ0) is 25.7. The van der Waals surface area contributed by atoms with Gasteiger partial charge in [0.2, 0.25) is 0 Å². The predicted molar refractivity (Wildman–Crippen MR) is 156 cm³/mol. The summed E-state index contributed by atoms with van der Waals surface area (Å²) < 4.78 is 15.0. The maximum atomic E-state index is 10.6. The van der Waals surface area contributed by atoms with Crippen molar-refractivity contribution >= 4 is 23.8 Å². The van der Waals surface area contributed by atoms with E-state index in [0.717, 1.165) is 19.3 Å². The van der Waals surface area contributed by atoms with Gasteiger partial charge < -0.3 is 9.79 Å². The van der Waals surface area contributed by atoms with Crippen LogP contribution in [-0.2, 0) is 9.09 Å². The molecule has 0 aromatic carbocycles. The van der Waals surface area contributed by atoms with Crippen LogP contribution in [0.1, 0.15) is 173 Å². The van der Waals surface area contributed by atoms with Crippen molar-refractivity contribution in [2.75, 3.05) is 11.9 Å². The number of phosphoric acid groups is 1. The van der Waals surface area contributed by atoms with Crippen molar-refractivity contribution in [3.05, 3.63) is 0 Å². The van der Waals surface area contributed by atoms with Crippen molar-refractivity contribution in [2.24, 2.45) is 0 Å². The summed E-state index contributed by atoms with van der Waals surface area (Å²) in [4.78, 5) is 17.2. The number of rotatable bonds is 30. The molecule has 212 valence electrons. The van der Waals surface area contributed by atoms with E-state index in [4.69, 9.17) is 9.79 Å². The highest BCUT2D eigenvalue weighted by Crippen LogP contribution is 2.35. The maximum Gasteiger partial charge on any atom is 0.469 e. The Morgan fingerprint density at radius 1 is 0.400 bits per heavy atom. The minimum Gasteiger partial charge on any atom is -0.303 e. The third-order valence-corrected chi connectivity index (χ3v) is 8.12. The third kappa shape index (κ3) is 34.6. The Morgan fingerprint density at radius 3 is 0.800 bits per heavy atom. The fourth-order valence-electron chi connectivity index (χ4n) is 4.80. The van der Waals surface area contributed by atoms with E-state index < -0.39 is 7.82 Å². The molecule has 0 aliphatic rings. The van der Waals surface area contributed by atoms with Gasteiger partial charge in [-0.2, -0.15) is 0 Å². The molecule has 0 aliphatic carbocycles. The van der Waals surface area contributed by atoms with Crippen molar-refractivity contribution in [2.45, 2.75) is 173 Å². The van der Waals surface area contributed by atoms with E-state index in [1.54, 1.807) is 0 Å². The highest BCUT2D eigenvalue weighted by molar-refractivity contribution is 9.09. The number of halogens is 1. The highest BCUT2D eigenvalue weighted by Gasteiger charge is 2.12. The van der Waals surface area contributed by atoms with Crippen LogP contribution in [0, 0.1) is 0 Å². The first-order valence-corrected chi connectivity index (χ1v) is 18.0. The standard InChI is InChI=1S/C29H60BrO4P/c30-28-26-24-22-20-18-16-14-12-10-8-6-4-2-1-3-5-7-9-11-13-15-17-19-21-23-25-27-29-34-35(31,32)33/h1-29H2,(H2,31,32,33). The minimum absolute atomic E-state index is 0.170. The Hall–Kier alpha value is 0.590. The average Bonchev–Trinajstić information content (AvgIpc) is 2.82. The van der Waals surface area contributed by atoms with Crippen molar-refractivity contribution in [3.63, 3.8) is 0 Å². The van der Waals surface area contributed by atoms with E-state index in [9.17, 15) is 4.57 Å². The molecular formula is C29H60BrO4P. The molecule has 0 aliphatic heterocycles. The second-order valence-electron chi connectivity index (χ2n) is 10.6. The molecule has 0 heterocycles. The van der Waals surface area contributed by atoms with E-state index in [1.807, 2.05) is 0 Å². The number of unbranched alkanes of at least 4 members (excludes halogenated alkanes) is 26. The summed E-state index contributed by atoms with van der Waals surface area (Å²) in [5, 5.41) is 1.17. The van der Waals surface area contributed by atoms with Gasteiger partial charge in [-0.3, -0.25) is 4.52 Å². The summed E-state index contributed by atoms with van der Waals surface area (Å²) in [5.74, 6) is 0. The molecule has 6 heteroatoms. The van der Waals surface area contributed by atoms with Gasteiger partial charge in [0, 0.05) is 5.33 Å². The molecule has 4 nitrogen and oxygen atoms in total. The summed E-state index contributed by atoms with van der Waals surface area (Å²) in [7, 11) is -4.27. The van der Waals surface area contributed by atoms with Gasteiger partial charge >= 0.3 is 7.82 Å². The normalized spacial score (nSPS) is 12.0. The first kappa shape index (κ1) is 35.6. The van der Waals surface area contributed by atoms with Gasteiger partial charge in [-0.1, -0.05) is 176 Å². The van der Waals surface area contributed by atoms with Crippen LogP contribution >= 0.6 is 23.8 Å². The van der Waals surface area contributed by atoms with Crippen molar-refractivity contribution in [3.8, 4) is 0 Å². The Labute approximate surface area is 227 Å². The molecule has 0 aromatic heterocycles. The lowest BCUT2D eigenvalue weighted by Gasteiger charge is -2.05. The van der Waals surface area contributed by atoms with E-state index >= 15 is 0 Å². The van der Waals surface area contributed by atoms with Crippen molar-refractivity contribution in [1.82, 2.24) is 0 Å². The lowest BCUT2D eigenvalue weighted by molar-refractivity contribution is 0.193. The van der Waals surface area contributed by atoms with Gasteiger partial charge in [-0.25, -0.2) is 4.57 Å². The highest BCUT2D eigenvalue weighted by atomic mass is 79.9. The SMILES string of the molecule is O=P(O)(O)OCCCCCCCCCCCCCCCCCCCCCCCCCCCCCBr. The van der Waals surface area contributed by atoms with E-state index in [2.05, 4.69) is 20.5 Å². The van der Waals surface area contributed by atoms with Crippen LogP contribution in [-0.4, -0.2) is 21.7 Å². The van der Waals surface area contributed by atoms with Gasteiger partial charge in [0.15, 0.2) is 0 Å². The van der Waals surface area contributed by atoms with E-state index in [1.165, 1.54) is 159 Å². The molecule has 0 spiro atoms. The van der Waals surface area contributed by atoms with Crippen LogP contribution in [0.2, 0.25) is 0 Å². The molecule has 0 unspecified atom stereocenters. The van der Waals surface area contributed by atoms with Crippen LogP contribution < -0.4 is 0 Å². The summed E-state index contributed by atoms with van der Waals surface area (Å²) in [6, 6.07) is 0. The van der Waals surface area contributed by atoms with Gasteiger partial charge in [0.25, 0.3) is 0 Å². The number of phosphoric ester groups is 1. The summed E-state index contributed by atoms with van der Waals surface area (Å²) >= 11 is 3.51. The Kier molecular flexibility index (Phi) is 29.6. The summed E-state index contributed by atoms with van der Waals surface area (Å²) in [6.45, 7) is 0.170. The molecule has 0 atom stereocenters. The topological polar surface area (TPSA) is 66.8 Å². The largest absolute Gasteiger partial charge is 0.469 e. The minimum atomic E-state index is -4.27. The molecule has 35 heavy (non-hydrogen) atoms. The summed E-state index contributed by atoms with van der Waals surface area (Å²) in [6.07, 6.45) is 36.8. The van der Waals surface area contributed by atoms with Crippen molar-refractivity contribution in [1.29, 1.82) is 0 Å². The molecule has 0 saturated carbocycles. The number of hydrogen-bond acceptors (Lipinski definition) is 2. The Bertz CT molecular complexity index is 444. The second kappa shape index (κ2) is 29.2. The van der Waals surface area contributed by atoms with Gasteiger partial charge in [-0.05, 0) is 12.8 Å². The maximum absolute atomic E-state index is 10.6. The number of hydrogen-bond donors (Lipinski definition) is 2. The fraction of sp³-hybridized carbons (Fsp3) is 1.00. The summed E-state index contributed by atoms with van der Waals surface area (Å²) in [5.41, 5.74) is 0. The van der Waals surface area contributed by atoms with Crippen molar-refractivity contribution < 1.29 is 18.9 Å². The molecule has 0 amide bonds. The molecule has 0 bridgehead atoms. The number of alkyl halides is 1. The lowest BCUT2D eigenvalue weighted by atomic mass is 10.0. The van der Waals surface area contributed by atoms with Gasteiger partial charge in [0.1, 0.15) is 0 Å². The van der Waals surface area contributed by atoms with Crippen LogP contribution in [0.5, 0.6) is 0 Å². The fourth-order valence-corrected chi connectivity index (χ4v) is 5.56. The first-order chi connectivity index (χ1) is 17.1. The molecule has 0 aromatic rings. The van der Waals surface area contributed by atoms with Gasteiger partial charge in [-0.15, -0.1) is 0 Å². The van der Waals surface area contributed by atoms with Crippen LogP contribution in [0.25, 0.3) is 0 Å². The van der Waals surface area contributed by atoms with E-state index in [-0.39, 0.29) is 6.61 Å². The predicted octanol–water partition coefficient (Wildman–Crippen LogP) is 11.0. The van der Waals surface area contributed by atoms with Crippen LogP contribution in [0.3, 0.4) is 0 Å². The molecule has 0 rings (SSSR count). The lowest BCUT2D eigenvalue weighted by Crippen LogP contribution is -1.92. The van der Waals surface area contributed by atoms with Crippen LogP contribution in [0.4, 0.5) is 0 Å². The van der Waals surface area contributed by atoms with Crippen LogP contribution in [0.15, 0.2) is 0 Å². The molecule has 2 N–H and O–H groups in total. The molecule has 0 saturated heterocycles. The monoisotopic (exact) mass is 582 g/mol. The Morgan fingerprint density at radius 2 is 0.600 bits per heavy atom. The first-order valence-electron chi connectivity index (χ1n) is 15.3. The molecular weight excluding hydrogens is 523 g/mol. The molecule has 0 fully saturated rings. The zero-order valence-corrected chi connectivity index (χ0v) is 25.5. The Balaban J connectivity index is 3.04. The zero-order valence-electron chi connectivity index (χ0n) is 23.0. The average molecular weight is 584 g/mol. The molecule has 0 radical (unpaired) electrons. The smallest absolute Gasteiger partial charge is 0.303 e. The van der Waals surface area contributed by atoms with E-state index in [0.29, 0.717) is 0 Å². The second-order valence-corrected chi connectivity index (χ2v) is 12.6. The third-order valence-electron chi connectivity index (χ3n) is 7.04. The quantitative estimate of drug-likeness (QED) is 0.0501. The van der Waals surface area contributed by atoms with Gasteiger partial charge in [0.05, 0.1) is 6.61 Å².